The van der Waals surface area contributed by atoms with E-state index in [2.05, 4.69) is 44.8 Å². The average Bonchev–Trinajstić information content (AvgIpc) is 2.72. The number of hydrogen-bond acceptors (Lipinski definition) is 3. The van der Waals surface area contributed by atoms with Gasteiger partial charge in [-0.15, -0.1) is 0 Å². The fourth-order valence-corrected chi connectivity index (χ4v) is 3.27. The Morgan fingerprint density at radius 1 is 1.11 bits per heavy atom. The summed E-state index contributed by atoms with van der Waals surface area (Å²) in [5, 5.41) is 6.66. The Hall–Kier alpha value is -2.44. The van der Waals surface area contributed by atoms with Gasteiger partial charge >= 0.3 is 0 Å². The minimum absolute atomic E-state index is 0.228. The molecule has 3 rings (SSSR count). The molecule has 0 aliphatic carbocycles. The van der Waals surface area contributed by atoms with Crippen LogP contribution in [0.15, 0.2) is 59.6 Å². The number of nitrogens with one attached hydrogen (secondary N) is 2. The van der Waals surface area contributed by atoms with Crippen molar-refractivity contribution in [3.05, 3.63) is 71.5 Å². The minimum Gasteiger partial charge on any atom is -0.379 e. The van der Waals surface area contributed by atoms with Crippen LogP contribution in [0.1, 0.15) is 17.2 Å². The van der Waals surface area contributed by atoms with Gasteiger partial charge < -0.3 is 15.4 Å². The van der Waals surface area contributed by atoms with Crippen LogP contribution in [0.2, 0.25) is 0 Å². The van der Waals surface area contributed by atoms with Crippen molar-refractivity contribution in [2.45, 2.75) is 12.6 Å². The fraction of sp³-hybridized carbons (Fsp3) is 0.381. The van der Waals surface area contributed by atoms with E-state index in [1.165, 1.54) is 17.7 Å². The lowest BCUT2D eigenvalue weighted by molar-refractivity contribution is 0.0170. The summed E-state index contributed by atoms with van der Waals surface area (Å²) in [5.74, 6) is 0.474. The van der Waals surface area contributed by atoms with Crippen LogP contribution in [0.3, 0.4) is 0 Å². The van der Waals surface area contributed by atoms with E-state index in [4.69, 9.17) is 4.74 Å². The Balaban J connectivity index is 1.60. The van der Waals surface area contributed by atoms with Gasteiger partial charge in [-0.2, -0.15) is 0 Å². The molecule has 1 fully saturated rings. The quantitative estimate of drug-likeness (QED) is 0.606. The number of ether oxygens (including phenoxy) is 1. The normalized spacial score (nSPS) is 16.7. The van der Waals surface area contributed by atoms with Crippen LogP contribution in [0.5, 0.6) is 0 Å². The third kappa shape index (κ3) is 5.77. The van der Waals surface area contributed by atoms with Crippen molar-refractivity contribution < 1.29 is 9.13 Å². The molecule has 1 atom stereocenters. The Kier molecular flexibility index (Phi) is 7.19. The molecule has 1 unspecified atom stereocenters. The Morgan fingerprint density at radius 3 is 2.59 bits per heavy atom. The molecule has 1 aliphatic heterocycles. The molecule has 0 aromatic heterocycles. The molecule has 0 radical (unpaired) electrons. The van der Waals surface area contributed by atoms with Gasteiger partial charge in [0.2, 0.25) is 0 Å². The summed E-state index contributed by atoms with van der Waals surface area (Å²) in [4.78, 5) is 6.73. The average molecular weight is 370 g/mol. The van der Waals surface area contributed by atoms with E-state index in [0.29, 0.717) is 12.5 Å². The first kappa shape index (κ1) is 19.3. The summed E-state index contributed by atoms with van der Waals surface area (Å²) in [6.45, 7) is 4.59. The Morgan fingerprint density at radius 2 is 1.89 bits per heavy atom. The highest BCUT2D eigenvalue weighted by molar-refractivity contribution is 5.79. The molecule has 0 saturated carbocycles. The number of nitrogens with zero attached hydrogens (tertiary/aromatic N) is 2. The summed E-state index contributed by atoms with van der Waals surface area (Å²) in [7, 11) is 1.74. The van der Waals surface area contributed by atoms with Gasteiger partial charge in [0, 0.05) is 33.2 Å². The summed E-state index contributed by atoms with van der Waals surface area (Å²) in [6, 6.07) is 17.3. The molecular weight excluding hydrogens is 343 g/mol. The SMILES string of the molecule is CN=C(NCc1cccc(F)c1)NCC(c1ccccc1)N1CCOCC1. The van der Waals surface area contributed by atoms with Gasteiger partial charge in [-0.1, -0.05) is 42.5 Å². The number of guanidine groups is 1. The second-order valence-corrected chi connectivity index (χ2v) is 6.51. The van der Waals surface area contributed by atoms with Crippen LogP contribution < -0.4 is 10.6 Å². The van der Waals surface area contributed by atoms with Crippen LogP contribution in [0.4, 0.5) is 4.39 Å². The second kappa shape index (κ2) is 10.0. The molecular formula is C21H27FN4O. The van der Waals surface area contributed by atoms with E-state index >= 15 is 0 Å². The lowest BCUT2D eigenvalue weighted by Crippen LogP contribution is -2.46. The van der Waals surface area contributed by atoms with Crippen molar-refractivity contribution in [2.24, 2.45) is 4.99 Å². The van der Waals surface area contributed by atoms with Gasteiger partial charge in [-0.25, -0.2) is 4.39 Å². The molecule has 0 amide bonds. The maximum atomic E-state index is 13.3. The van der Waals surface area contributed by atoms with Gasteiger partial charge in [-0.05, 0) is 23.3 Å². The van der Waals surface area contributed by atoms with Gasteiger partial charge in [0.15, 0.2) is 5.96 Å². The van der Waals surface area contributed by atoms with Crippen LogP contribution in [-0.4, -0.2) is 50.8 Å². The van der Waals surface area contributed by atoms with Gasteiger partial charge in [-0.3, -0.25) is 9.89 Å². The molecule has 144 valence electrons. The molecule has 1 aliphatic rings. The highest BCUT2D eigenvalue weighted by Crippen LogP contribution is 2.21. The first-order valence-corrected chi connectivity index (χ1v) is 9.32. The highest BCUT2D eigenvalue weighted by atomic mass is 19.1. The summed E-state index contributed by atoms with van der Waals surface area (Å²) in [6.07, 6.45) is 0. The number of hydrogen-bond donors (Lipinski definition) is 2. The van der Waals surface area contributed by atoms with Crippen LogP contribution in [-0.2, 0) is 11.3 Å². The lowest BCUT2D eigenvalue weighted by Gasteiger charge is -2.35. The molecule has 0 bridgehead atoms. The van der Waals surface area contributed by atoms with Crippen molar-refractivity contribution >= 4 is 5.96 Å². The number of halogens is 1. The fourth-order valence-electron chi connectivity index (χ4n) is 3.27. The van der Waals surface area contributed by atoms with Crippen LogP contribution in [0, 0.1) is 5.82 Å². The van der Waals surface area contributed by atoms with E-state index in [9.17, 15) is 4.39 Å². The zero-order chi connectivity index (χ0) is 18.9. The number of aliphatic imine (C=N–C) groups is 1. The third-order valence-corrected chi connectivity index (χ3v) is 4.71. The zero-order valence-corrected chi connectivity index (χ0v) is 15.7. The van der Waals surface area contributed by atoms with Crippen molar-refractivity contribution in [1.29, 1.82) is 0 Å². The topological polar surface area (TPSA) is 48.9 Å². The van der Waals surface area contributed by atoms with E-state index in [-0.39, 0.29) is 11.9 Å². The van der Waals surface area contributed by atoms with Crippen molar-refractivity contribution in [2.75, 3.05) is 39.9 Å². The number of rotatable bonds is 6. The van der Waals surface area contributed by atoms with Gasteiger partial charge in [0.05, 0.1) is 19.3 Å². The summed E-state index contributed by atoms with van der Waals surface area (Å²) < 4.78 is 18.8. The number of morpholine rings is 1. The summed E-state index contributed by atoms with van der Waals surface area (Å²) >= 11 is 0. The second-order valence-electron chi connectivity index (χ2n) is 6.51. The molecule has 2 aromatic rings. The van der Waals surface area contributed by atoms with Crippen LogP contribution in [0.25, 0.3) is 0 Å². The predicted octanol–water partition coefficient (Wildman–Crippen LogP) is 2.56. The Bertz CT molecular complexity index is 732. The molecule has 27 heavy (non-hydrogen) atoms. The van der Waals surface area contributed by atoms with Gasteiger partial charge in [0.25, 0.3) is 0 Å². The van der Waals surface area contributed by atoms with E-state index in [1.807, 2.05) is 12.1 Å². The maximum absolute atomic E-state index is 13.3. The smallest absolute Gasteiger partial charge is 0.191 e. The van der Waals surface area contributed by atoms with Crippen molar-refractivity contribution in [1.82, 2.24) is 15.5 Å². The monoisotopic (exact) mass is 370 g/mol. The maximum Gasteiger partial charge on any atom is 0.191 e. The molecule has 1 saturated heterocycles. The molecule has 5 nitrogen and oxygen atoms in total. The van der Waals surface area contributed by atoms with Crippen molar-refractivity contribution in [3.63, 3.8) is 0 Å². The zero-order valence-electron chi connectivity index (χ0n) is 15.7. The van der Waals surface area contributed by atoms with E-state index in [0.717, 1.165) is 38.4 Å². The largest absolute Gasteiger partial charge is 0.379 e. The van der Waals surface area contributed by atoms with E-state index < -0.39 is 0 Å². The number of benzene rings is 2. The molecule has 2 N–H and O–H groups in total. The molecule has 1 heterocycles. The standard InChI is InChI=1S/C21H27FN4O/c1-23-21(24-15-17-6-5-9-19(22)14-17)25-16-20(18-7-3-2-4-8-18)26-10-12-27-13-11-26/h2-9,14,20H,10-13,15-16H2,1H3,(H2,23,24,25). The Labute approximate surface area is 160 Å². The molecule has 2 aromatic carbocycles. The molecule has 0 spiro atoms. The third-order valence-electron chi connectivity index (χ3n) is 4.71. The van der Waals surface area contributed by atoms with Crippen LogP contribution >= 0.6 is 0 Å². The lowest BCUT2D eigenvalue weighted by atomic mass is 10.0. The molecule has 6 heteroatoms. The highest BCUT2D eigenvalue weighted by Gasteiger charge is 2.22. The first-order valence-electron chi connectivity index (χ1n) is 9.32. The predicted molar refractivity (Wildman–Crippen MR) is 106 cm³/mol. The first-order chi connectivity index (χ1) is 13.3. The minimum atomic E-state index is -0.228. The van der Waals surface area contributed by atoms with Crippen molar-refractivity contribution in [3.8, 4) is 0 Å². The van der Waals surface area contributed by atoms with Gasteiger partial charge in [0.1, 0.15) is 5.82 Å². The summed E-state index contributed by atoms with van der Waals surface area (Å²) in [5.41, 5.74) is 2.15. The van der Waals surface area contributed by atoms with E-state index in [1.54, 1.807) is 13.1 Å².